The third-order valence-electron chi connectivity index (χ3n) is 5.05. The molecule has 1 aromatic rings. The minimum atomic E-state index is -0.468. The average Bonchev–Trinajstić information content (AvgIpc) is 2.63. The second-order valence-corrected chi connectivity index (χ2v) is 7.66. The largest absolute Gasteiger partial charge is 0.335 e. The summed E-state index contributed by atoms with van der Waals surface area (Å²) in [6, 6.07) is 1.89. The van der Waals surface area contributed by atoms with E-state index in [0.717, 1.165) is 17.7 Å². The second kappa shape index (κ2) is 7.14. The minimum Gasteiger partial charge on any atom is -0.335 e. The van der Waals surface area contributed by atoms with Crippen molar-refractivity contribution in [3.8, 4) is 0 Å². The fourth-order valence-corrected chi connectivity index (χ4v) is 4.52. The van der Waals surface area contributed by atoms with Gasteiger partial charge in [0.25, 0.3) is 11.5 Å². The minimum absolute atomic E-state index is 0.172. The van der Waals surface area contributed by atoms with Crippen molar-refractivity contribution in [1.29, 1.82) is 0 Å². The molecular weight excluding hydrogens is 328 g/mol. The Morgan fingerprint density at radius 1 is 1.04 bits per heavy atom. The van der Waals surface area contributed by atoms with Gasteiger partial charge in [0, 0.05) is 52.4 Å². The highest BCUT2D eigenvalue weighted by Crippen LogP contribution is 2.22. The third-order valence-corrected chi connectivity index (χ3v) is 6.10. The molecule has 0 aliphatic carbocycles. The van der Waals surface area contributed by atoms with Crippen molar-refractivity contribution in [2.75, 3.05) is 37.7 Å². The van der Waals surface area contributed by atoms with Crippen molar-refractivity contribution in [2.45, 2.75) is 18.9 Å². The molecule has 0 aromatic carbocycles. The Balaban J connectivity index is 1.69. The summed E-state index contributed by atoms with van der Waals surface area (Å²) in [5.41, 5.74) is -0.741. The van der Waals surface area contributed by atoms with Gasteiger partial charge in [-0.3, -0.25) is 23.6 Å². The van der Waals surface area contributed by atoms with Crippen molar-refractivity contribution in [3.63, 3.8) is 0 Å². The zero-order valence-electron chi connectivity index (χ0n) is 14.2. The SMILES string of the molecule is Cn1c(C(=O)N2CCN(C3CCSCC3)CC2)cc(=O)n(C)c1=O. The van der Waals surface area contributed by atoms with E-state index in [0.29, 0.717) is 19.1 Å². The van der Waals surface area contributed by atoms with E-state index in [1.807, 2.05) is 11.8 Å². The molecule has 2 fully saturated rings. The summed E-state index contributed by atoms with van der Waals surface area (Å²) in [4.78, 5) is 40.8. The van der Waals surface area contributed by atoms with Crippen molar-refractivity contribution >= 4 is 17.7 Å². The maximum absolute atomic E-state index is 12.7. The summed E-state index contributed by atoms with van der Waals surface area (Å²) >= 11 is 2.02. The summed E-state index contributed by atoms with van der Waals surface area (Å²) in [7, 11) is 2.95. The maximum Gasteiger partial charge on any atom is 0.331 e. The molecule has 24 heavy (non-hydrogen) atoms. The summed E-state index contributed by atoms with van der Waals surface area (Å²) in [6.45, 7) is 3.01. The first-order chi connectivity index (χ1) is 11.5. The van der Waals surface area contributed by atoms with Crippen molar-refractivity contribution in [2.24, 2.45) is 14.1 Å². The van der Waals surface area contributed by atoms with Gasteiger partial charge in [0.05, 0.1) is 0 Å². The number of hydrogen-bond acceptors (Lipinski definition) is 5. The van der Waals surface area contributed by atoms with E-state index in [1.54, 1.807) is 4.90 Å². The molecule has 0 spiro atoms. The lowest BCUT2D eigenvalue weighted by Gasteiger charge is -2.40. The Morgan fingerprint density at radius 2 is 1.67 bits per heavy atom. The van der Waals surface area contributed by atoms with E-state index in [1.165, 1.54) is 49.1 Å². The first-order valence-corrected chi connectivity index (χ1v) is 9.52. The van der Waals surface area contributed by atoms with Gasteiger partial charge in [0.15, 0.2) is 0 Å². The molecule has 8 heteroatoms. The van der Waals surface area contributed by atoms with Crippen LogP contribution in [0.15, 0.2) is 15.7 Å². The number of hydrogen-bond donors (Lipinski definition) is 0. The Morgan fingerprint density at radius 3 is 2.29 bits per heavy atom. The number of nitrogens with zero attached hydrogens (tertiary/aromatic N) is 4. The van der Waals surface area contributed by atoms with Crippen LogP contribution in [0.3, 0.4) is 0 Å². The lowest BCUT2D eigenvalue weighted by atomic mass is 10.1. The normalized spacial score (nSPS) is 20.3. The van der Waals surface area contributed by atoms with E-state index in [9.17, 15) is 14.4 Å². The molecule has 0 unspecified atom stereocenters. The molecule has 0 bridgehead atoms. The van der Waals surface area contributed by atoms with Crippen LogP contribution in [0.25, 0.3) is 0 Å². The van der Waals surface area contributed by atoms with Gasteiger partial charge in [-0.1, -0.05) is 0 Å². The maximum atomic E-state index is 12.7. The Labute approximate surface area is 145 Å². The molecule has 2 aliphatic heterocycles. The standard InChI is InChI=1S/C16H24N4O3S/c1-17-13(11-14(21)18(2)16(17)23)15(22)20-7-5-19(6-8-20)12-3-9-24-10-4-12/h11-12H,3-10H2,1-2H3. The van der Waals surface area contributed by atoms with Crippen molar-refractivity contribution in [3.05, 3.63) is 32.6 Å². The smallest absolute Gasteiger partial charge is 0.331 e. The summed E-state index contributed by atoms with van der Waals surface area (Å²) < 4.78 is 2.27. The van der Waals surface area contributed by atoms with Crippen LogP contribution < -0.4 is 11.2 Å². The Hall–Kier alpha value is -1.54. The van der Waals surface area contributed by atoms with Gasteiger partial charge in [-0.05, 0) is 24.3 Å². The van der Waals surface area contributed by atoms with Gasteiger partial charge in [-0.25, -0.2) is 4.79 Å². The quantitative estimate of drug-likeness (QED) is 0.733. The van der Waals surface area contributed by atoms with Crippen LogP contribution in [0.2, 0.25) is 0 Å². The number of rotatable bonds is 2. The van der Waals surface area contributed by atoms with E-state index in [2.05, 4.69) is 4.90 Å². The molecule has 3 heterocycles. The van der Waals surface area contributed by atoms with Crippen LogP contribution in [-0.2, 0) is 14.1 Å². The lowest BCUT2D eigenvalue weighted by molar-refractivity contribution is 0.0548. The van der Waals surface area contributed by atoms with Gasteiger partial charge < -0.3 is 4.90 Å². The van der Waals surface area contributed by atoms with E-state index in [-0.39, 0.29) is 11.6 Å². The van der Waals surface area contributed by atoms with Crippen LogP contribution in [-0.4, -0.2) is 68.6 Å². The molecule has 0 atom stereocenters. The zero-order valence-corrected chi connectivity index (χ0v) is 15.0. The Kier molecular flexibility index (Phi) is 5.15. The van der Waals surface area contributed by atoms with Crippen LogP contribution in [0.1, 0.15) is 23.3 Å². The molecule has 0 N–H and O–H groups in total. The van der Waals surface area contributed by atoms with Crippen molar-refractivity contribution in [1.82, 2.24) is 18.9 Å². The van der Waals surface area contributed by atoms with Crippen molar-refractivity contribution < 1.29 is 4.79 Å². The fraction of sp³-hybridized carbons (Fsp3) is 0.688. The van der Waals surface area contributed by atoms with Gasteiger partial charge in [0.2, 0.25) is 0 Å². The topological polar surface area (TPSA) is 67.6 Å². The Bertz CT molecular complexity index is 728. The summed E-state index contributed by atoms with van der Waals surface area (Å²) in [6.07, 6.45) is 2.45. The third kappa shape index (κ3) is 3.30. The molecule has 0 saturated carbocycles. The summed E-state index contributed by atoms with van der Waals surface area (Å²) in [5.74, 6) is 2.21. The van der Waals surface area contributed by atoms with Gasteiger partial charge >= 0.3 is 5.69 Å². The molecule has 7 nitrogen and oxygen atoms in total. The van der Waals surface area contributed by atoms with Crippen LogP contribution in [0, 0.1) is 0 Å². The average molecular weight is 352 g/mol. The molecule has 3 rings (SSSR count). The molecule has 2 aliphatic rings. The van der Waals surface area contributed by atoms with Crippen LogP contribution in [0.4, 0.5) is 0 Å². The predicted molar refractivity (Wildman–Crippen MR) is 94.7 cm³/mol. The molecule has 1 aromatic heterocycles. The highest BCUT2D eigenvalue weighted by Gasteiger charge is 2.28. The molecule has 1 amide bonds. The number of carbonyl (C=O) groups is 1. The zero-order chi connectivity index (χ0) is 17.3. The molecule has 132 valence electrons. The number of carbonyl (C=O) groups excluding carboxylic acids is 1. The van der Waals surface area contributed by atoms with Crippen LogP contribution >= 0.6 is 11.8 Å². The second-order valence-electron chi connectivity index (χ2n) is 6.44. The predicted octanol–water partition coefficient (Wildman–Crippen LogP) is -0.263. The van der Waals surface area contributed by atoms with E-state index in [4.69, 9.17) is 0 Å². The number of aromatic nitrogens is 2. The first kappa shape index (κ1) is 17.3. The van der Waals surface area contributed by atoms with Crippen LogP contribution in [0.5, 0.6) is 0 Å². The highest BCUT2D eigenvalue weighted by molar-refractivity contribution is 7.99. The van der Waals surface area contributed by atoms with Gasteiger partial charge in [0.1, 0.15) is 5.69 Å². The molecular formula is C16H24N4O3S. The van der Waals surface area contributed by atoms with Gasteiger partial charge in [-0.15, -0.1) is 0 Å². The van der Waals surface area contributed by atoms with E-state index < -0.39 is 11.2 Å². The monoisotopic (exact) mass is 352 g/mol. The first-order valence-electron chi connectivity index (χ1n) is 8.37. The molecule has 0 radical (unpaired) electrons. The summed E-state index contributed by atoms with van der Waals surface area (Å²) in [5, 5.41) is 0. The highest BCUT2D eigenvalue weighted by atomic mass is 32.2. The number of piperazine rings is 1. The number of amides is 1. The van der Waals surface area contributed by atoms with E-state index >= 15 is 0 Å². The fourth-order valence-electron chi connectivity index (χ4n) is 3.44. The number of thioether (sulfide) groups is 1. The molecule has 2 saturated heterocycles. The lowest BCUT2D eigenvalue weighted by Crippen LogP contribution is -2.53. The van der Waals surface area contributed by atoms with Gasteiger partial charge in [-0.2, -0.15) is 11.8 Å².